The van der Waals surface area contributed by atoms with Crippen LogP contribution in [-0.2, 0) is 6.42 Å². The minimum atomic E-state index is -0.0648. The van der Waals surface area contributed by atoms with E-state index in [2.05, 4.69) is 25.2 Å². The van der Waals surface area contributed by atoms with Crippen LogP contribution in [-0.4, -0.2) is 25.7 Å². The zero-order chi connectivity index (χ0) is 12.7. The second-order valence-electron chi connectivity index (χ2n) is 4.68. The van der Waals surface area contributed by atoms with Crippen LogP contribution >= 0.6 is 0 Å². The van der Waals surface area contributed by atoms with Gasteiger partial charge in [0, 0.05) is 12.1 Å². The predicted octanol–water partition coefficient (Wildman–Crippen LogP) is 1.95. The molecule has 1 rings (SSSR count). The number of benzene rings is 1. The highest BCUT2D eigenvalue weighted by atomic mass is 16.5. The Labute approximate surface area is 104 Å². The monoisotopic (exact) mass is 236 g/mol. The Bertz CT molecular complexity index is 341. The summed E-state index contributed by atoms with van der Waals surface area (Å²) in [6.45, 7) is 5.93. The summed E-state index contributed by atoms with van der Waals surface area (Å²) in [5.74, 6) is 0.936. The molecule has 1 aromatic rings. The van der Waals surface area contributed by atoms with Crippen LogP contribution in [0, 0.1) is 0 Å². The molecule has 3 N–H and O–H groups in total. The summed E-state index contributed by atoms with van der Waals surface area (Å²) in [5, 5.41) is 3.51. The first kappa shape index (κ1) is 14.0. The lowest BCUT2D eigenvalue weighted by molar-refractivity contribution is 0.351. The van der Waals surface area contributed by atoms with E-state index in [9.17, 15) is 0 Å². The molecule has 1 unspecified atom stereocenters. The third kappa shape index (κ3) is 4.02. The molecule has 96 valence electrons. The van der Waals surface area contributed by atoms with Gasteiger partial charge in [0.2, 0.25) is 0 Å². The maximum absolute atomic E-state index is 5.88. The summed E-state index contributed by atoms with van der Waals surface area (Å²) in [4.78, 5) is 0. The average Bonchev–Trinajstić information content (AvgIpc) is 2.37. The lowest BCUT2D eigenvalue weighted by Crippen LogP contribution is -2.50. The Balaban J connectivity index is 2.79. The smallest absolute Gasteiger partial charge is 0.122 e. The molecule has 0 radical (unpaired) electrons. The Morgan fingerprint density at radius 3 is 2.65 bits per heavy atom. The normalized spacial score (nSPS) is 14.4. The molecule has 0 spiro atoms. The number of ether oxygens (including phenoxy) is 1. The highest BCUT2D eigenvalue weighted by Crippen LogP contribution is 2.22. The van der Waals surface area contributed by atoms with Crippen molar-refractivity contribution in [2.75, 3.05) is 20.2 Å². The molecule has 0 heterocycles. The number of hydrogen-bond acceptors (Lipinski definition) is 3. The van der Waals surface area contributed by atoms with Crippen molar-refractivity contribution in [1.82, 2.24) is 5.32 Å². The molecular formula is C14H24N2O. The average molecular weight is 236 g/mol. The Morgan fingerprint density at radius 2 is 2.06 bits per heavy atom. The van der Waals surface area contributed by atoms with Crippen molar-refractivity contribution in [3.05, 3.63) is 29.8 Å². The van der Waals surface area contributed by atoms with Gasteiger partial charge in [-0.3, -0.25) is 0 Å². The number of rotatable bonds is 7. The topological polar surface area (TPSA) is 47.3 Å². The number of hydrogen-bond donors (Lipinski definition) is 2. The van der Waals surface area contributed by atoms with Gasteiger partial charge in [-0.15, -0.1) is 0 Å². The first-order chi connectivity index (χ1) is 8.15. The molecule has 0 fully saturated rings. The summed E-state index contributed by atoms with van der Waals surface area (Å²) >= 11 is 0. The molecule has 0 aromatic heterocycles. The Morgan fingerprint density at radius 1 is 1.35 bits per heavy atom. The summed E-state index contributed by atoms with van der Waals surface area (Å²) in [6.07, 6.45) is 2.00. The molecule has 1 aromatic carbocycles. The van der Waals surface area contributed by atoms with E-state index < -0.39 is 0 Å². The van der Waals surface area contributed by atoms with Crippen LogP contribution in [0.25, 0.3) is 0 Å². The van der Waals surface area contributed by atoms with Gasteiger partial charge < -0.3 is 15.8 Å². The van der Waals surface area contributed by atoms with Crippen LogP contribution < -0.4 is 15.8 Å². The van der Waals surface area contributed by atoms with Gasteiger partial charge in [0.1, 0.15) is 5.75 Å². The van der Waals surface area contributed by atoms with E-state index in [1.165, 1.54) is 5.56 Å². The van der Waals surface area contributed by atoms with Gasteiger partial charge in [0.05, 0.1) is 7.11 Å². The van der Waals surface area contributed by atoms with Crippen LogP contribution in [0.1, 0.15) is 25.8 Å². The standard InChI is InChI=1S/C14H24N2O/c1-4-9-16-14(2,11-15)10-12-7-5-6-8-13(12)17-3/h5-8,16H,4,9-11,15H2,1-3H3. The summed E-state index contributed by atoms with van der Waals surface area (Å²) in [5.41, 5.74) is 7.02. The van der Waals surface area contributed by atoms with Crippen LogP contribution in [0.3, 0.4) is 0 Å². The molecule has 0 amide bonds. The van der Waals surface area contributed by atoms with E-state index in [1.54, 1.807) is 7.11 Å². The molecule has 3 nitrogen and oxygen atoms in total. The largest absolute Gasteiger partial charge is 0.496 e. The SMILES string of the molecule is CCCNC(C)(CN)Cc1ccccc1OC. The quantitative estimate of drug-likeness (QED) is 0.760. The van der Waals surface area contributed by atoms with Gasteiger partial charge in [-0.2, -0.15) is 0 Å². The second-order valence-corrected chi connectivity index (χ2v) is 4.68. The third-order valence-corrected chi connectivity index (χ3v) is 3.03. The van der Waals surface area contributed by atoms with E-state index in [4.69, 9.17) is 10.5 Å². The second kappa shape index (κ2) is 6.62. The molecule has 0 saturated carbocycles. The fourth-order valence-electron chi connectivity index (χ4n) is 1.90. The summed E-state index contributed by atoms with van der Waals surface area (Å²) < 4.78 is 5.37. The van der Waals surface area contributed by atoms with Gasteiger partial charge in [0.15, 0.2) is 0 Å². The van der Waals surface area contributed by atoms with Crippen molar-refractivity contribution in [3.63, 3.8) is 0 Å². The van der Waals surface area contributed by atoms with Gasteiger partial charge in [-0.05, 0) is 37.9 Å². The zero-order valence-corrected chi connectivity index (χ0v) is 11.1. The number of nitrogens with one attached hydrogen (secondary N) is 1. The first-order valence-corrected chi connectivity index (χ1v) is 6.22. The molecule has 17 heavy (non-hydrogen) atoms. The van der Waals surface area contributed by atoms with Gasteiger partial charge in [0.25, 0.3) is 0 Å². The van der Waals surface area contributed by atoms with E-state index in [0.717, 1.165) is 25.1 Å². The van der Waals surface area contributed by atoms with E-state index in [-0.39, 0.29) is 5.54 Å². The van der Waals surface area contributed by atoms with E-state index in [1.807, 2.05) is 18.2 Å². The fraction of sp³-hybridized carbons (Fsp3) is 0.571. The highest BCUT2D eigenvalue weighted by molar-refractivity contribution is 5.34. The minimum Gasteiger partial charge on any atom is -0.496 e. The number of para-hydroxylation sites is 1. The Hall–Kier alpha value is -1.06. The molecular weight excluding hydrogens is 212 g/mol. The van der Waals surface area contributed by atoms with Crippen molar-refractivity contribution >= 4 is 0 Å². The van der Waals surface area contributed by atoms with Crippen molar-refractivity contribution in [2.24, 2.45) is 5.73 Å². The molecule has 0 aliphatic rings. The summed E-state index contributed by atoms with van der Waals surface area (Å²) in [7, 11) is 1.71. The maximum atomic E-state index is 5.88. The lowest BCUT2D eigenvalue weighted by atomic mass is 9.92. The van der Waals surface area contributed by atoms with Crippen LogP contribution in [0.4, 0.5) is 0 Å². The first-order valence-electron chi connectivity index (χ1n) is 6.22. The predicted molar refractivity (Wildman–Crippen MR) is 72.5 cm³/mol. The van der Waals surface area contributed by atoms with Crippen molar-refractivity contribution in [2.45, 2.75) is 32.2 Å². The maximum Gasteiger partial charge on any atom is 0.122 e. The molecule has 0 aliphatic heterocycles. The van der Waals surface area contributed by atoms with Crippen LogP contribution in [0.5, 0.6) is 5.75 Å². The van der Waals surface area contributed by atoms with E-state index >= 15 is 0 Å². The van der Waals surface area contributed by atoms with Gasteiger partial charge in [-0.1, -0.05) is 25.1 Å². The fourth-order valence-corrected chi connectivity index (χ4v) is 1.90. The lowest BCUT2D eigenvalue weighted by Gasteiger charge is -2.30. The molecule has 0 bridgehead atoms. The zero-order valence-electron chi connectivity index (χ0n) is 11.1. The molecule has 3 heteroatoms. The van der Waals surface area contributed by atoms with Crippen molar-refractivity contribution in [1.29, 1.82) is 0 Å². The van der Waals surface area contributed by atoms with Crippen LogP contribution in [0.2, 0.25) is 0 Å². The Kier molecular flexibility index (Phi) is 5.45. The highest BCUT2D eigenvalue weighted by Gasteiger charge is 2.23. The molecule has 0 aliphatic carbocycles. The third-order valence-electron chi connectivity index (χ3n) is 3.03. The molecule has 0 saturated heterocycles. The van der Waals surface area contributed by atoms with Crippen LogP contribution in [0.15, 0.2) is 24.3 Å². The minimum absolute atomic E-state index is 0.0648. The van der Waals surface area contributed by atoms with Gasteiger partial charge in [-0.25, -0.2) is 0 Å². The van der Waals surface area contributed by atoms with Gasteiger partial charge >= 0.3 is 0 Å². The molecule has 1 atom stereocenters. The van der Waals surface area contributed by atoms with Crippen molar-refractivity contribution < 1.29 is 4.74 Å². The number of methoxy groups -OCH3 is 1. The number of nitrogens with two attached hydrogens (primary N) is 1. The van der Waals surface area contributed by atoms with Crippen molar-refractivity contribution in [3.8, 4) is 5.75 Å². The summed E-state index contributed by atoms with van der Waals surface area (Å²) in [6, 6.07) is 8.11. The van der Waals surface area contributed by atoms with E-state index in [0.29, 0.717) is 6.54 Å².